The molecule has 2 rings (SSSR count). The maximum atomic E-state index is 12.9. The number of alkyl halides is 3. The van der Waals surface area contributed by atoms with Gasteiger partial charge in [-0.3, -0.25) is 0 Å². The first-order chi connectivity index (χ1) is 12.9. The van der Waals surface area contributed by atoms with Gasteiger partial charge in [-0.1, -0.05) is 19.8 Å². The van der Waals surface area contributed by atoms with Crippen LogP contribution in [0.1, 0.15) is 44.5 Å². The number of unbranched alkanes of at least 4 members (excludes halogenated alkanes) is 2. The predicted molar refractivity (Wildman–Crippen MR) is 98.0 cm³/mol. The number of nitrogens with one attached hydrogen (secondary N) is 1. The molecule has 0 bridgehead atoms. The van der Waals surface area contributed by atoms with Crippen molar-refractivity contribution >= 4 is 18.4 Å². The number of H-pyrrole nitrogens is 1. The Bertz CT molecular complexity index is 830. The minimum Gasteiger partial charge on any atom is -0.490 e. The molecule has 1 aromatic carbocycles. The topological polar surface area (TPSA) is 64.4 Å². The van der Waals surface area contributed by atoms with E-state index < -0.39 is 12.0 Å². The normalized spacial score (nSPS) is 11.9. The van der Waals surface area contributed by atoms with Crippen LogP contribution in [0.4, 0.5) is 13.2 Å². The third-order valence-corrected chi connectivity index (χ3v) is 3.76. The first kappa shape index (κ1) is 20.9. The Morgan fingerprint density at radius 3 is 2.67 bits per heavy atom. The minimum absolute atomic E-state index is 0.250. The number of aromatic nitrogens is 3. The van der Waals surface area contributed by atoms with E-state index in [1.165, 1.54) is 6.21 Å². The van der Waals surface area contributed by atoms with Crippen LogP contribution in [0.15, 0.2) is 23.3 Å². The first-order valence-corrected chi connectivity index (χ1v) is 8.96. The summed E-state index contributed by atoms with van der Waals surface area (Å²) in [6.07, 6.45) is -0.319. The molecule has 1 N–H and O–H groups in total. The standard InChI is InChI=1S/C17H21F3N4O2S/c1-3-5-6-9-26-13-8-7-12(10-14(13)25-4-2)11-21-24-15(17(18,19)20)22-23-16(24)27/h7-8,10-11H,3-6,9H2,1-2H3,(H,23,27)/b21-11-. The summed E-state index contributed by atoms with van der Waals surface area (Å²) in [5, 5.41) is 9.06. The summed E-state index contributed by atoms with van der Waals surface area (Å²) in [5.74, 6) is -0.129. The molecular weight excluding hydrogens is 381 g/mol. The van der Waals surface area contributed by atoms with Crippen LogP contribution < -0.4 is 9.47 Å². The molecule has 0 saturated heterocycles. The van der Waals surface area contributed by atoms with E-state index in [0.29, 0.717) is 35.0 Å². The fraction of sp³-hybridized carbons (Fsp3) is 0.471. The third-order valence-electron chi connectivity index (χ3n) is 3.50. The molecule has 0 aliphatic heterocycles. The third kappa shape index (κ3) is 5.81. The largest absolute Gasteiger partial charge is 0.490 e. The summed E-state index contributed by atoms with van der Waals surface area (Å²) in [5.41, 5.74) is 0.538. The maximum absolute atomic E-state index is 12.9. The highest BCUT2D eigenvalue weighted by Gasteiger charge is 2.37. The quantitative estimate of drug-likeness (QED) is 0.371. The van der Waals surface area contributed by atoms with Gasteiger partial charge in [0.15, 0.2) is 11.5 Å². The summed E-state index contributed by atoms with van der Waals surface area (Å²) in [4.78, 5) is 0. The average Bonchev–Trinajstić information content (AvgIpc) is 2.99. The van der Waals surface area contributed by atoms with Gasteiger partial charge in [-0.05, 0) is 49.3 Å². The van der Waals surface area contributed by atoms with Crippen LogP contribution >= 0.6 is 12.2 Å². The van der Waals surface area contributed by atoms with Gasteiger partial charge in [-0.25, -0.2) is 5.10 Å². The Kier molecular flexibility index (Phi) is 7.40. The van der Waals surface area contributed by atoms with Crippen molar-refractivity contribution < 1.29 is 22.6 Å². The van der Waals surface area contributed by atoms with Gasteiger partial charge in [0.2, 0.25) is 4.77 Å². The van der Waals surface area contributed by atoms with Crippen LogP contribution in [-0.4, -0.2) is 34.3 Å². The molecule has 2 aromatic rings. The van der Waals surface area contributed by atoms with Gasteiger partial charge in [-0.2, -0.15) is 22.9 Å². The van der Waals surface area contributed by atoms with Gasteiger partial charge in [0, 0.05) is 0 Å². The average molecular weight is 402 g/mol. The lowest BCUT2D eigenvalue weighted by atomic mass is 10.2. The van der Waals surface area contributed by atoms with Crippen LogP contribution in [0.3, 0.4) is 0 Å². The van der Waals surface area contributed by atoms with E-state index in [9.17, 15) is 13.2 Å². The predicted octanol–water partition coefficient (Wildman–Crippen LogP) is 4.81. The van der Waals surface area contributed by atoms with Crippen LogP contribution in [0.2, 0.25) is 0 Å². The summed E-state index contributed by atoms with van der Waals surface area (Å²) in [6, 6.07) is 5.04. The van der Waals surface area contributed by atoms with Gasteiger partial charge in [-0.15, -0.1) is 5.10 Å². The van der Waals surface area contributed by atoms with E-state index in [1.54, 1.807) is 18.2 Å². The van der Waals surface area contributed by atoms with Crippen molar-refractivity contribution in [1.29, 1.82) is 0 Å². The lowest BCUT2D eigenvalue weighted by molar-refractivity contribution is -0.147. The summed E-state index contributed by atoms with van der Waals surface area (Å²) < 4.78 is 50.3. The van der Waals surface area contributed by atoms with Crippen molar-refractivity contribution in [2.24, 2.45) is 5.10 Å². The monoisotopic (exact) mass is 402 g/mol. The fourth-order valence-corrected chi connectivity index (χ4v) is 2.41. The number of halogens is 3. The summed E-state index contributed by atoms with van der Waals surface area (Å²) >= 11 is 4.80. The van der Waals surface area contributed by atoms with E-state index in [2.05, 4.69) is 22.2 Å². The lowest BCUT2D eigenvalue weighted by Gasteiger charge is -2.12. The molecule has 27 heavy (non-hydrogen) atoms. The zero-order valence-electron chi connectivity index (χ0n) is 15.0. The molecule has 1 aromatic heterocycles. The highest BCUT2D eigenvalue weighted by atomic mass is 32.1. The molecule has 6 nitrogen and oxygen atoms in total. The Hall–Kier alpha value is -2.36. The van der Waals surface area contributed by atoms with Gasteiger partial charge in [0.05, 0.1) is 19.4 Å². The number of ether oxygens (including phenoxy) is 2. The molecular formula is C17H21F3N4O2S. The minimum atomic E-state index is -4.67. The van der Waals surface area contributed by atoms with Crippen molar-refractivity contribution in [2.75, 3.05) is 13.2 Å². The molecule has 0 radical (unpaired) electrons. The zero-order chi connectivity index (χ0) is 19.9. The second kappa shape index (κ2) is 9.54. The fourth-order valence-electron chi connectivity index (χ4n) is 2.23. The van der Waals surface area contributed by atoms with E-state index >= 15 is 0 Å². The Balaban J connectivity index is 2.22. The van der Waals surface area contributed by atoms with Crippen LogP contribution in [-0.2, 0) is 6.18 Å². The van der Waals surface area contributed by atoms with Gasteiger partial charge < -0.3 is 9.47 Å². The van der Waals surface area contributed by atoms with E-state index in [4.69, 9.17) is 21.7 Å². The van der Waals surface area contributed by atoms with Crippen molar-refractivity contribution in [3.05, 3.63) is 34.4 Å². The number of aromatic amines is 1. The van der Waals surface area contributed by atoms with Crippen molar-refractivity contribution in [3.8, 4) is 11.5 Å². The molecule has 0 unspecified atom stereocenters. The Morgan fingerprint density at radius 2 is 2.00 bits per heavy atom. The number of benzene rings is 1. The molecule has 0 saturated carbocycles. The lowest BCUT2D eigenvalue weighted by Crippen LogP contribution is -2.12. The number of hydrogen-bond donors (Lipinski definition) is 1. The van der Waals surface area contributed by atoms with Gasteiger partial charge in [0.25, 0.3) is 5.82 Å². The summed E-state index contributed by atoms with van der Waals surface area (Å²) in [6.45, 7) is 4.94. The van der Waals surface area contributed by atoms with Crippen molar-refractivity contribution in [2.45, 2.75) is 39.3 Å². The Morgan fingerprint density at radius 1 is 1.22 bits per heavy atom. The van der Waals surface area contributed by atoms with Crippen molar-refractivity contribution in [1.82, 2.24) is 14.9 Å². The molecule has 0 atom stereocenters. The van der Waals surface area contributed by atoms with E-state index in [1.807, 2.05) is 6.92 Å². The smallest absolute Gasteiger partial charge is 0.453 e. The van der Waals surface area contributed by atoms with Crippen molar-refractivity contribution in [3.63, 3.8) is 0 Å². The number of rotatable bonds is 9. The molecule has 1 heterocycles. The molecule has 148 valence electrons. The second-order valence-electron chi connectivity index (χ2n) is 5.60. The molecule has 0 fully saturated rings. The van der Waals surface area contributed by atoms with Gasteiger partial charge >= 0.3 is 6.18 Å². The first-order valence-electron chi connectivity index (χ1n) is 8.55. The zero-order valence-corrected chi connectivity index (χ0v) is 15.9. The molecule has 0 aliphatic carbocycles. The second-order valence-corrected chi connectivity index (χ2v) is 5.99. The maximum Gasteiger partial charge on any atom is 0.453 e. The molecule has 10 heteroatoms. The summed E-state index contributed by atoms with van der Waals surface area (Å²) in [7, 11) is 0. The Labute approximate surface area is 160 Å². The highest BCUT2D eigenvalue weighted by Crippen LogP contribution is 2.29. The van der Waals surface area contributed by atoms with Crippen LogP contribution in [0.25, 0.3) is 0 Å². The van der Waals surface area contributed by atoms with Gasteiger partial charge in [0.1, 0.15) is 0 Å². The van der Waals surface area contributed by atoms with E-state index in [-0.39, 0.29) is 4.77 Å². The molecule has 0 spiro atoms. The highest BCUT2D eigenvalue weighted by molar-refractivity contribution is 7.71. The number of nitrogens with zero attached hydrogens (tertiary/aromatic N) is 3. The van der Waals surface area contributed by atoms with E-state index in [0.717, 1.165) is 19.3 Å². The molecule has 0 aliphatic rings. The SMILES string of the molecule is CCCCCOc1ccc(/C=N\n2c(C(F)(F)F)n[nH]c2=S)cc1OCC. The van der Waals surface area contributed by atoms with Crippen LogP contribution in [0, 0.1) is 4.77 Å². The molecule has 0 amide bonds. The van der Waals surface area contributed by atoms with Crippen LogP contribution in [0.5, 0.6) is 11.5 Å². The number of hydrogen-bond acceptors (Lipinski definition) is 5.